The number of nitrogens with one attached hydrogen (secondary N) is 1. The van der Waals surface area contributed by atoms with Gasteiger partial charge in [-0.1, -0.05) is 60.7 Å². The topological polar surface area (TPSA) is 49.4 Å². The molecule has 0 bridgehead atoms. The first-order valence-electron chi connectivity index (χ1n) is 7.59. The van der Waals surface area contributed by atoms with E-state index >= 15 is 0 Å². The zero-order valence-corrected chi connectivity index (χ0v) is 12.7. The molecule has 4 heteroatoms. The van der Waals surface area contributed by atoms with Crippen LogP contribution in [0, 0.1) is 0 Å². The summed E-state index contributed by atoms with van der Waals surface area (Å²) >= 11 is 0. The van der Waals surface area contributed by atoms with Crippen molar-refractivity contribution in [2.45, 2.75) is 19.5 Å². The Morgan fingerprint density at radius 2 is 1.52 bits per heavy atom. The maximum Gasteiger partial charge on any atom is 0.258 e. The molecular formula is C19H18N2O2. The molecular weight excluding hydrogens is 288 g/mol. The molecule has 1 aliphatic rings. The van der Waals surface area contributed by atoms with Crippen molar-refractivity contribution in [3.8, 4) is 0 Å². The van der Waals surface area contributed by atoms with E-state index in [4.69, 9.17) is 0 Å². The molecule has 0 saturated carbocycles. The first kappa shape index (κ1) is 15.0. The number of imide groups is 1. The summed E-state index contributed by atoms with van der Waals surface area (Å²) in [7, 11) is 0. The van der Waals surface area contributed by atoms with Gasteiger partial charge in [0.25, 0.3) is 5.91 Å². The number of amides is 2. The van der Waals surface area contributed by atoms with E-state index in [-0.39, 0.29) is 18.2 Å². The molecule has 0 aromatic heterocycles. The van der Waals surface area contributed by atoms with Gasteiger partial charge >= 0.3 is 0 Å². The van der Waals surface area contributed by atoms with Crippen LogP contribution in [0.15, 0.2) is 72.4 Å². The molecule has 2 aromatic rings. The Balaban J connectivity index is 1.62. The third kappa shape index (κ3) is 3.66. The van der Waals surface area contributed by atoms with E-state index in [9.17, 15) is 9.59 Å². The fourth-order valence-electron chi connectivity index (χ4n) is 2.55. The summed E-state index contributed by atoms with van der Waals surface area (Å²) in [5.41, 5.74) is 2.59. The lowest BCUT2D eigenvalue weighted by molar-refractivity contribution is -0.138. The number of rotatable bonds is 5. The van der Waals surface area contributed by atoms with Crippen molar-refractivity contribution in [1.82, 2.24) is 10.2 Å². The van der Waals surface area contributed by atoms with E-state index in [0.29, 0.717) is 18.7 Å². The molecule has 4 nitrogen and oxygen atoms in total. The van der Waals surface area contributed by atoms with Gasteiger partial charge in [-0.2, -0.15) is 0 Å². The van der Waals surface area contributed by atoms with Crippen LogP contribution in [-0.4, -0.2) is 16.7 Å². The lowest BCUT2D eigenvalue weighted by Crippen LogP contribution is -2.28. The van der Waals surface area contributed by atoms with E-state index in [2.05, 4.69) is 5.32 Å². The average molecular weight is 306 g/mol. The van der Waals surface area contributed by atoms with Gasteiger partial charge in [-0.15, -0.1) is 0 Å². The minimum atomic E-state index is -0.209. The lowest BCUT2D eigenvalue weighted by atomic mass is 10.2. The minimum Gasteiger partial charge on any atom is -0.386 e. The molecule has 116 valence electrons. The van der Waals surface area contributed by atoms with Crippen LogP contribution in [0.2, 0.25) is 0 Å². The highest BCUT2D eigenvalue weighted by atomic mass is 16.2. The number of benzene rings is 2. The van der Waals surface area contributed by atoms with Crippen molar-refractivity contribution < 1.29 is 9.59 Å². The van der Waals surface area contributed by atoms with Crippen molar-refractivity contribution in [3.05, 3.63) is 83.6 Å². The maximum atomic E-state index is 12.4. The summed E-state index contributed by atoms with van der Waals surface area (Å²) in [5.74, 6) is -0.356. The Kier molecular flexibility index (Phi) is 4.52. The predicted octanol–water partition coefficient (Wildman–Crippen LogP) is 2.62. The maximum absolute atomic E-state index is 12.4. The summed E-state index contributed by atoms with van der Waals surface area (Å²) < 4.78 is 0. The highest BCUT2D eigenvalue weighted by Gasteiger charge is 2.33. The van der Waals surface area contributed by atoms with Gasteiger partial charge in [0, 0.05) is 18.3 Å². The zero-order chi connectivity index (χ0) is 16.1. The fourth-order valence-corrected chi connectivity index (χ4v) is 2.55. The van der Waals surface area contributed by atoms with Crippen molar-refractivity contribution in [3.63, 3.8) is 0 Å². The highest BCUT2D eigenvalue weighted by Crippen LogP contribution is 2.20. The third-order valence-electron chi connectivity index (χ3n) is 3.77. The molecule has 2 aromatic carbocycles. The quantitative estimate of drug-likeness (QED) is 0.682. The normalized spacial score (nSPS) is 16.2. The molecule has 1 N–H and O–H groups in total. The number of hydrogen-bond donors (Lipinski definition) is 1. The number of hydrogen-bond acceptors (Lipinski definition) is 3. The van der Waals surface area contributed by atoms with Gasteiger partial charge in [0.15, 0.2) is 0 Å². The molecule has 0 unspecified atom stereocenters. The Morgan fingerprint density at radius 1 is 0.913 bits per heavy atom. The molecule has 0 radical (unpaired) electrons. The van der Waals surface area contributed by atoms with Crippen LogP contribution in [0.25, 0.3) is 0 Å². The van der Waals surface area contributed by atoms with Gasteiger partial charge in [0.1, 0.15) is 0 Å². The van der Waals surface area contributed by atoms with Crippen LogP contribution in [-0.2, 0) is 22.7 Å². The van der Waals surface area contributed by atoms with E-state index < -0.39 is 0 Å². The zero-order valence-electron chi connectivity index (χ0n) is 12.7. The summed E-state index contributed by atoms with van der Waals surface area (Å²) in [5, 5.41) is 3.12. The summed E-state index contributed by atoms with van der Waals surface area (Å²) in [6.07, 6.45) is 1.83. The van der Waals surface area contributed by atoms with Gasteiger partial charge < -0.3 is 5.32 Å². The van der Waals surface area contributed by atoms with Gasteiger partial charge in [-0.05, 0) is 11.1 Å². The lowest BCUT2D eigenvalue weighted by Gasteiger charge is -2.13. The van der Waals surface area contributed by atoms with E-state index in [1.807, 2.05) is 60.7 Å². The van der Waals surface area contributed by atoms with Crippen molar-refractivity contribution >= 4 is 11.8 Å². The van der Waals surface area contributed by atoms with Crippen molar-refractivity contribution in [2.24, 2.45) is 0 Å². The summed E-state index contributed by atoms with van der Waals surface area (Å²) in [6.45, 7) is 0.957. The second-order valence-corrected chi connectivity index (χ2v) is 5.48. The van der Waals surface area contributed by atoms with Crippen LogP contribution in [0.1, 0.15) is 17.5 Å². The smallest absolute Gasteiger partial charge is 0.258 e. The SMILES string of the molecule is O=C1CC(=CNCc2ccccc2)C(=O)N1Cc1ccccc1. The van der Waals surface area contributed by atoms with Crippen LogP contribution >= 0.6 is 0 Å². The van der Waals surface area contributed by atoms with E-state index in [1.165, 1.54) is 4.90 Å². The van der Waals surface area contributed by atoms with Crippen LogP contribution in [0.5, 0.6) is 0 Å². The van der Waals surface area contributed by atoms with Crippen LogP contribution in [0.3, 0.4) is 0 Å². The fraction of sp³-hybridized carbons (Fsp3) is 0.158. The molecule has 0 atom stereocenters. The Labute approximate surface area is 135 Å². The Hall–Kier alpha value is -2.88. The molecule has 0 aliphatic carbocycles. The van der Waals surface area contributed by atoms with Crippen molar-refractivity contribution in [2.75, 3.05) is 0 Å². The molecule has 3 rings (SSSR count). The Bertz CT molecular complexity index is 724. The first-order valence-corrected chi connectivity index (χ1v) is 7.59. The van der Waals surface area contributed by atoms with Crippen LogP contribution < -0.4 is 5.32 Å². The second kappa shape index (κ2) is 6.92. The second-order valence-electron chi connectivity index (χ2n) is 5.48. The van der Waals surface area contributed by atoms with Gasteiger partial charge in [0.05, 0.1) is 13.0 Å². The summed E-state index contributed by atoms with van der Waals surface area (Å²) in [4.78, 5) is 25.7. The molecule has 1 saturated heterocycles. The van der Waals surface area contributed by atoms with E-state index in [1.54, 1.807) is 6.20 Å². The number of nitrogens with zero attached hydrogens (tertiary/aromatic N) is 1. The van der Waals surface area contributed by atoms with Gasteiger partial charge in [0.2, 0.25) is 5.91 Å². The average Bonchev–Trinajstić information content (AvgIpc) is 2.85. The molecule has 1 aliphatic heterocycles. The van der Waals surface area contributed by atoms with E-state index in [0.717, 1.165) is 11.1 Å². The third-order valence-corrected chi connectivity index (χ3v) is 3.77. The Morgan fingerprint density at radius 3 is 2.17 bits per heavy atom. The molecule has 23 heavy (non-hydrogen) atoms. The molecule has 0 spiro atoms. The van der Waals surface area contributed by atoms with Crippen molar-refractivity contribution in [1.29, 1.82) is 0 Å². The monoisotopic (exact) mass is 306 g/mol. The van der Waals surface area contributed by atoms with Gasteiger partial charge in [-0.25, -0.2) is 0 Å². The highest BCUT2D eigenvalue weighted by molar-refractivity contribution is 6.13. The van der Waals surface area contributed by atoms with Crippen LogP contribution in [0.4, 0.5) is 0 Å². The summed E-state index contributed by atoms with van der Waals surface area (Å²) in [6, 6.07) is 19.5. The number of carbonyl (C=O) groups is 2. The largest absolute Gasteiger partial charge is 0.386 e. The number of carbonyl (C=O) groups excluding carboxylic acids is 2. The van der Waals surface area contributed by atoms with Gasteiger partial charge in [-0.3, -0.25) is 14.5 Å². The first-order chi connectivity index (χ1) is 11.2. The molecule has 1 heterocycles. The molecule has 1 fully saturated rings. The number of likely N-dealkylation sites (tertiary alicyclic amines) is 1. The minimum absolute atomic E-state index is 0.147. The standard InChI is InChI=1S/C19H18N2O2/c22-18-11-17(13-20-12-15-7-3-1-4-8-15)19(23)21(18)14-16-9-5-2-6-10-16/h1-10,13,20H,11-12,14H2. The predicted molar refractivity (Wildman–Crippen MR) is 88.0 cm³/mol. The molecule has 2 amide bonds.